The minimum atomic E-state index is -0.994. The van der Waals surface area contributed by atoms with Crippen molar-refractivity contribution >= 4 is 6.09 Å². The van der Waals surface area contributed by atoms with Crippen molar-refractivity contribution in [2.24, 2.45) is 0 Å². The summed E-state index contributed by atoms with van der Waals surface area (Å²) in [5, 5.41) is 12.8. The minimum Gasteiger partial charge on any atom is -0.445 e. The molecule has 2 atom stereocenters. The van der Waals surface area contributed by atoms with Gasteiger partial charge < -0.3 is 19.9 Å². The lowest BCUT2D eigenvalue weighted by atomic mass is 9.97. The van der Waals surface area contributed by atoms with Crippen molar-refractivity contribution in [3.05, 3.63) is 35.9 Å². The third-order valence-corrected chi connectivity index (χ3v) is 3.41. The molecular formula is C14H19NO4. The van der Waals surface area contributed by atoms with Crippen LogP contribution in [0.25, 0.3) is 0 Å². The van der Waals surface area contributed by atoms with E-state index in [2.05, 4.69) is 5.32 Å². The van der Waals surface area contributed by atoms with Gasteiger partial charge in [0.1, 0.15) is 12.2 Å². The average Bonchev–Trinajstić information content (AvgIpc) is 2.76. The van der Waals surface area contributed by atoms with Crippen LogP contribution in [0.3, 0.4) is 0 Å². The van der Waals surface area contributed by atoms with Crippen LogP contribution in [-0.4, -0.2) is 36.1 Å². The van der Waals surface area contributed by atoms with Crippen molar-refractivity contribution in [3.8, 4) is 0 Å². The molecule has 2 unspecified atom stereocenters. The van der Waals surface area contributed by atoms with Gasteiger partial charge in [-0.3, -0.25) is 0 Å². The molecule has 0 aliphatic carbocycles. The quantitative estimate of drug-likeness (QED) is 0.864. The monoisotopic (exact) mass is 265 g/mol. The molecule has 1 aromatic carbocycles. The highest BCUT2D eigenvalue weighted by molar-refractivity contribution is 5.67. The molecule has 19 heavy (non-hydrogen) atoms. The fourth-order valence-electron chi connectivity index (χ4n) is 2.00. The van der Waals surface area contributed by atoms with E-state index in [0.29, 0.717) is 13.0 Å². The second-order valence-corrected chi connectivity index (χ2v) is 4.78. The Labute approximate surface area is 112 Å². The Hall–Kier alpha value is -1.59. The maximum Gasteiger partial charge on any atom is 0.407 e. The molecule has 0 spiro atoms. The molecule has 1 heterocycles. The summed E-state index contributed by atoms with van der Waals surface area (Å²) in [5.41, 5.74) is -0.0693. The van der Waals surface area contributed by atoms with E-state index < -0.39 is 11.7 Å². The normalized spacial score (nSPS) is 26.1. The number of ether oxygens (including phenoxy) is 2. The zero-order chi connectivity index (χ0) is 13.7. The molecule has 2 rings (SSSR count). The molecule has 5 heteroatoms. The number of nitrogens with one attached hydrogen (secondary N) is 1. The smallest absolute Gasteiger partial charge is 0.407 e. The second kappa shape index (κ2) is 6.04. The number of carbonyl (C=O) groups is 1. The molecular weight excluding hydrogens is 246 g/mol. The SMILES string of the molecule is CC1OCCC1(O)CNC(=O)OCc1ccccc1. The first kappa shape index (κ1) is 13.8. The number of rotatable bonds is 4. The highest BCUT2D eigenvalue weighted by Crippen LogP contribution is 2.24. The van der Waals surface area contributed by atoms with Crippen LogP contribution in [-0.2, 0) is 16.1 Å². The van der Waals surface area contributed by atoms with Crippen molar-refractivity contribution in [2.75, 3.05) is 13.2 Å². The Bertz CT molecular complexity index is 423. The number of hydrogen-bond donors (Lipinski definition) is 2. The van der Waals surface area contributed by atoms with Crippen LogP contribution < -0.4 is 5.32 Å². The summed E-state index contributed by atoms with van der Waals surface area (Å²) in [6.45, 7) is 2.67. The zero-order valence-electron chi connectivity index (χ0n) is 11.0. The molecule has 104 valence electrons. The van der Waals surface area contributed by atoms with Crippen molar-refractivity contribution < 1.29 is 19.4 Å². The van der Waals surface area contributed by atoms with Gasteiger partial charge in [-0.25, -0.2) is 4.79 Å². The summed E-state index contributed by atoms with van der Waals surface area (Å²) < 4.78 is 10.4. The van der Waals surface area contributed by atoms with Gasteiger partial charge in [0.05, 0.1) is 12.6 Å². The molecule has 0 radical (unpaired) electrons. The van der Waals surface area contributed by atoms with E-state index >= 15 is 0 Å². The Balaban J connectivity index is 1.73. The highest BCUT2D eigenvalue weighted by Gasteiger charge is 2.39. The van der Waals surface area contributed by atoms with Gasteiger partial charge in [0, 0.05) is 13.0 Å². The Kier molecular flexibility index (Phi) is 4.39. The summed E-state index contributed by atoms with van der Waals surface area (Å²) in [4.78, 5) is 11.5. The van der Waals surface area contributed by atoms with Crippen molar-refractivity contribution in [1.82, 2.24) is 5.32 Å². The summed E-state index contributed by atoms with van der Waals surface area (Å²) in [7, 11) is 0. The van der Waals surface area contributed by atoms with E-state index in [1.54, 1.807) is 6.92 Å². The first-order valence-corrected chi connectivity index (χ1v) is 6.39. The summed E-state index contributed by atoms with van der Waals surface area (Å²) in [6, 6.07) is 9.44. The van der Waals surface area contributed by atoms with E-state index in [9.17, 15) is 9.90 Å². The third kappa shape index (κ3) is 3.68. The van der Waals surface area contributed by atoms with Gasteiger partial charge in [0.15, 0.2) is 0 Å². The molecule has 1 aliphatic heterocycles. The zero-order valence-corrected chi connectivity index (χ0v) is 11.0. The summed E-state index contributed by atoms with van der Waals surface area (Å²) in [5.74, 6) is 0. The Morgan fingerprint density at radius 1 is 1.53 bits per heavy atom. The van der Waals surface area contributed by atoms with E-state index in [0.717, 1.165) is 5.56 Å². The van der Waals surface area contributed by atoms with Crippen LogP contribution >= 0.6 is 0 Å². The van der Waals surface area contributed by atoms with E-state index in [-0.39, 0.29) is 19.3 Å². The van der Waals surface area contributed by atoms with Crippen LogP contribution in [0.2, 0.25) is 0 Å². The van der Waals surface area contributed by atoms with Gasteiger partial charge in [0.25, 0.3) is 0 Å². The predicted molar refractivity (Wildman–Crippen MR) is 69.6 cm³/mol. The molecule has 0 aromatic heterocycles. The van der Waals surface area contributed by atoms with E-state index in [1.807, 2.05) is 30.3 Å². The van der Waals surface area contributed by atoms with Crippen LogP contribution in [0.4, 0.5) is 4.79 Å². The average molecular weight is 265 g/mol. The van der Waals surface area contributed by atoms with Gasteiger partial charge in [-0.05, 0) is 12.5 Å². The molecule has 0 bridgehead atoms. The molecule has 5 nitrogen and oxygen atoms in total. The topological polar surface area (TPSA) is 67.8 Å². The number of benzene rings is 1. The van der Waals surface area contributed by atoms with Crippen LogP contribution in [0.5, 0.6) is 0 Å². The fourth-order valence-corrected chi connectivity index (χ4v) is 2.00. The molecule has 0 saturated carbocycles. The third-order valence-electron chi connectivity index (χ3n) is 3.41. The lowest BCUT2D eigenvalue weighted by molar-refractivity contribution is -0.0260. The Morgan fingerprint density at radius 3 is 2.89 bits per heavy atom. The van der Waals surface area contributed by atoms with E-state index in [1.165, 1.54) is 0 Å². The number of hydrogen-bond acceptors (Lipinski definition) is 4. The van der Waals surface area contributed by atoms with Crippen molar-refractivity contribution in [1.29, 1.82) is 0 Å². The Morgan fingerprint density at radius 2 is 2.26 bits per heavy atom. The fraction of sp³-hybridized carbons (Fsp3) is 0.500. The van der Waals surface area contributed by atoms with Crippen molar-refractivity contribution in [3.63, 3.8) is 0 Å². The van der Waals surface area contributed by atoms with Gasteiger partial charge in [-0.2, -0.15) is 0 Å². The number of aliphatic hydroxyl groups is 1. The summed E-state index contributed by atoms with van der Waals surface area (Å²) in [6.07, 6.45) is -0.286. The van der Waals surface area contributed by atoms with E-state index in [4.69, 9.17) is 9.47 Å². The van der Waals surface area contributed by atoms with Crippen LogP contribution in [0.15, 0.2) is 30.3 Å². The first-order valence-electron chi connectivity index (χ1n) is 6.39. The summed E-state index contributed by atoms with van der Waals surface area (Å²) >= 11 is 0. The minimum absolute atomic E-state index is 0.141. The maximum atomic E-state index is 11.5. The molecule has 2 N–H and O–H groups in total. The maximum absolute atomic E-state index is 11.5. The second-order valence-electron chi connectivity index (χ2n) is 4.78. The number of alkyl carbamates (subject to hydrolysis) is 1. The standard InChI is InChI=1S/C14H19NO4/c1-11-14(17,7-8-18-11)10-15-13(16)19-9-12-5-3-2-4-6-12/h2-6,11,17H,7-10H2,1H3,(H,15,16). The van der Waals surface area contributed by atoms with Gasteiger partial charge in [-0.15, -0.1) is 0 Å². The first-order chi connectivity index (χ1) is 9.10. The molecule has 1 amide bonds. The van der Waals surface area contributed by atoms with Crippen LogP contribution in [0, 0.1) is 0 Å². The molecule has 1 aliphatic rings. The largest absolute Gasteiger partial charge is 0.445 e. The highest BCUT2D eigenvalue weighted by atomic mass is 16.5. The van der Waals surface area contributed by atoms with Gasteiger partial charge in [-0.1, -0.05) is 30.3 Å². The predicted octanol–water partition coefficient (Wildman–Crippen LogP) is 1.45. The number of amides is 1. The molecule has 1 aromatic rings. The lowest BCUT2D eigenvalue weighted by Crippen LogP contribution is -2.47. The molecule has 1 fully saturated rings. The van der Waals surface area contributed by atoms with Gasteiger partial charge >= 0.3 is 6.09 Å². The van der Waals surface area contributed by atoms with Crippen LogP contribution in [0.1, 0.15) is 18.9 Å². The number of carbonyl (C=O) groups excluding carboxylic acids is 1. The molecule has 1 saturated heterocycles. The lowest BCUT2D eigenvalue weighted by Gasteiger charge is -2.25. The van der Waals surface area contributed by atoms with Crippen molar-refractivity contribution in [2.45, 2.75) is 31.7 Å². The van der Waals surface area contributed by atoms with Gasteiger partial charge in [0.2, 0.25) is 0 Å².